The van der Waals surface area contributed by atoms with Crippen LogP contribution in [0.25, 0.3) is 0 Å². The Balaban J connectivity index is 1.92. The predicted molar refractivity (Wildman–Crippen MR) is 76.2 cm³/mol. The molecule has 0 amide bonds. The smallest absolute Gasteiger partial charge is 0.139 e. The van der Waals surface area contributed by atoms with Crippen molar-refractivity contribution in [1.29, 1.82) is 0 Å². The number of piperidine rings is 1. The molecule has 1 aromatic rings. The average Bonchev–Trinajstić information content (AvgIpc) is 2.82. The normalized spacial score (nSPS) is 16.7. The Bertz CT molecular complexity index is 419. The van der Waals surface area contributed by atoms with Crippen molar-refractivity contribution in [3.8, 4) is 0 Å². The summed E-state index contributed by atoms with van der Waals surface area (Å²) in [7, 11) is 0. The van der Waals surface area contributed by atoms with Crippen LogP contribution in [0.3, 0.4) is 0 Å². The molecule has 1 saturated heterocycles. The van der Waals surface area contributed by atoms with Crippen LogP contribution in [0.15, 0.2) is 6.07 Å². The second-order valence-electron chi connectivity index (χ2n) is 5.41. The molecule has 1 aliphatic heterocycles. The lowest BCUT2D eigenvalue weighted by atomic mass is 9.91. The van der Waals surface area contributed by atoms with Crippen molar-refractivity contribution < 1.29 is 4.79 Å². The van der Waals surface area contributed by atoms with E-state index in [-0.39, 0.29) is 0 Å². The molecule has 1 N–H and O–H groups in total. The zero-order valence-electron chi connectivity index (χ0n) is 12.1. The van der Waals surface area contributed by atoms with Gasteiger partial charge in [0, 0.05) is 25.1 Å². The average molecular weight is 263 g/mol. The summed E-state index contributed by atoms with van der Waals surface area (Å²) >= 11 is 0. The van der Waals surface area contributed by atoms with E-state index in [1.165, 1.54) is 0 Å². The van der Waals surface area contributed by atoms with Gasteiger partial charge >= 0.3 is 0 Å². The van der Waals surface area contributed by atoms with Gasteiger partial charge in [-0.05, 0) is 51.3 Å². The third-order valence-corrected chi connectivity index (χ3v) is 3.93. The first kappa shape index (κ1) is 14.3. The molecule has 106 valence electrons. The number of hydrogen-bond acceptors (Lipinski definition) is 3. The van der Waals surface area contributed by atoms with Crippen molar-refractivity contribution in [2.75, 3.05) is 13.1 Å². The SMILES string of the molecule is CCc1cc(CC(=O)CC2CCNCC2)n(CC)n1. The molecule has 2 rings (SSSR count). The summed E-state index contributed by atoms with van der Waals surface area (Å²) in [6.45, 7) is 7.14. The number of rotatable bonds is 6. The molecule has 1 aromatic heterocycles. The number of nitrogens with zero attached hydrogens (tertiary/aromatic N) is 2. The summed E-state index contributed by atoms with van der Waals surface area (Å²) in [4.78, 5) is 12.2. The van der Waals surface area contributed by atoms with Gasteiger partial charge in [0.05, 0.1) is 5.69 Å². The number of hydrogen-bond donors (Lipinski definition) is 1. The number of ketones is 1. The van der Waals surface area contributed by atoms with E-state index >= 15 is 0 Å². The van der Waals surface area contributed by atoms with Crippen molar-refractivity contribution in [1.82, 2.24) is 15.1 Å². The number of aryl methyl sites for hydroxylation is 2. The third-order valence-electron chi connectivity index (χ3n) is 3.93. The van der Waals surface area contributed by atoms with Crippen LogP contribution in [0.5, 0.6) is 0 Å². The van der Waals surface area contributed by atoms with E-state index in [1.54, 1.807) is 0 Å². The van der Waals surface area contributed by atoms with E-state index in [2.05, 4.69) is 30.3 Å². The highest BCUT2D eigenvalue weighted by Gasteiger charge is 2.18. The zero-order chi connectivity index (χ0) is 13.7. The zero-order valence-corrected chi connectivity index (χ0v) is 12.1. The highest BCUT2D eigenvalue weighted by atomic mass is 16.1. The Kier molecular flexibility index (Phi) is 5.14. The molecule has 0 bridgehead atoms. The fourth-order valence-electron chi connectivity index (χ4n) is 2.79. The minimum absolute atomic E-state index is 0.365. The van der Waals surface area contributed by atoms with Gasteiger partial charge in [-0.15, -0.1) is 0 Å². The summed E-state index contributed by atoms with van der Waals surface area (Å²) in [5.74, 6) is 0.946. The summed E-state index contributed by atoms with van der Waals surface area (Å²) in [5.41, 5.74) is 2.17. The highest BCUT2D eigenvalue weighted by molar-refractivity contribution is 5.80. The van der Waals surface area contributed by atoms with Gasteiger partial charge < -0.3 is 5.32 Å². The predicted octanol–water partition coefficient (Wildman–Crippen LogP) is 1.97. The van der Waals surface area contributed by atoms with E-state index in [1.807, 2.05) is 4.68 Å². The van der Waals surface area contributed by atoms with Crippen molar-refractivity contribution in [2.45, 2.75) is 52.5 Å². The molecule has 2 heterocycles. The van der Waals surface area contributed by atoms with E-state index in [9.17, 15) is 4.79 Å². The molecule has 0 atom stereocenters. The molecule has 0 radical (unpaired) electrons. The lowest BCUT2D eigenvalue weighted by molar-refractivity contribution is -0.119. The van der Waals surface area contributed by atoms with Crippen molar-refractivity contribution in [2.24, 2.45) is 5.92 Å². The Morgan fingerprint density at radius 1 is 1.42 bits per heavy atom. The van der Waals surface area contributed by atoms with Crippen LogP contribution in [-0.2, 0) is 24.2 Å². The standard InChI is InChI=1S/C15H25N3O/c1-3-13-10-14(18(4-2)17-13)11-15(19)9-12-5-7-16-8-6-12/h10,12,16H,3-9,11H2,1-2H3. The molecule has 1 fully saturated rings. The highest BCUT2D eigenvalue weighted by Crippen LogP contribution is 2.18. The fraction of sp³-hybridized carbons (Fsp3) is 0.733. The molecule has 0 aliphatic carbocycles. The first-order chi connectivity index (χ1) is 9.22. The first-order valence-corrected chi connectivity index (χ1v) is 7.51. The maximum Gasteiger partial charge on any atom is 0.139 e. The number of carbonyl (C=O) groups is 1. The molecule has 0 saturated carbocycles. The lowest BCUT2D eigenvalue weighted by Gasteiger charge is -2.21. The quantitative estimate of drug-likeness (QED) is 0.853. The second kappa shape index (κ2) is 6.85. The molecule has 1 aliphatic rings. The van der Waals surface area contributed by atoms with Crippen LogP contribution in [0.2, 0.25) is 0 Å². The minimum atomic E-state index is 0.365. The summed E-state index contributed by atoms with van der Waals surface area (Å²) < 4.78 is 1.97. The molecule has 0 unspecified atom stereocenters. The molecule has 0 aromatic carbocycles. The van der Waals surface area contributed by atoms with E-state index in [4.69, 9.17) is 0 Å². The van der Waals surface area contributed by atoms with Gasteiger partial charge in [-0.2, -0.15) is 5.10 Å². The number of carbonyl (C=O) groups excluding carboxylic acids is 1. The largest absolute Gasteiger partial charge is 0.317 e. The van der Waals surface area contributed by atoms with Gasteiger partial charge in [0.1, 0.15) is 5.78 Å². The van der Waals surface area contributed by atoms with Crippen molar-refractivity contribution in [3.05, 3.63) is 17.5 Å². The second-order valence-corrected chi connectivity index (χ2v) is 5.41. The van der Waals surface area contributed by atoms with Crippen LogP contribution >= 0.6 is 0 Å². The molecule has 4 heteroatoms. The maximum atomic E-state index is 12.2. The minimum Gasteiger partial charge on any atom is -0.317 e. The van der Waals surface area contributed by atoms with Gasteiger partial charge in [0.2, 0.25) is 0 Å². The Morgan fingerprint density at radius 3 is 2.79 bits per heavy atom. The molecular weight excluding hydrogens is 238 g/mol. The molecule has 4 nitrogen and oxygen atoms in total. The van der Waals surface area contributed by atoms with Gasteiger partial charge in [0.15, 0.2) is 0 Å². The maximum absolute atomic E-state index is 12.2. The Hall–Kier alpha value is -1.16. The van der Waals surface area contributed by atoms with Crippen LogP contribution in [0, 0.1) is 5.92 Å². The van der Waals surface area contributed by atoms with Crippen LogP contribution in [-0.4, -0.2) is 28.7 Å². The number of nitrogens with one attached hydrogen (secondary N) is 1. The topological polar surface area (TPSA) is 46.9 Å². The van der Waals surface area contributed by atoms with Gasteiger partial charge in [-0.1, -0.05) is 6.92 Å². The van der Waals surface area contributed by atoms with Gasteiger partial charge in [-0.25, -0.2) is 0 Å². The lowest BCUT2D eigenvalue weighted by Crippen LogP contribution is -2.29. The summed E-state index contributed by atoms with van der Waals surface area (Å²) in [5, 5.41) is 7.84. The summed E-state index contributed by atoms with van der Waals surface area (Å²) in [6.07, 6.45) is 4.49. The van der Waals surface area contributed by atoms with Gasteiger partial charge in [0.25, 0.3) is 0 Å². The van der Waals surface area contributed by atoms with Crippen LogP contribution < -0.4 is 5.32 Å². The van der Waals surface area contributed by atoms with Crippen molar-refractivity contribution in [3.63, 3.8) is 0 Å². The van der Waals surface area contributed by atoms with E-state index in [0.29, 0.717) is 18.1 Å². The van der Waals surface area contributed by atoms with Crippen LogP contribution in [0.4, 0.5) is 0 Å². The Morgan fingerprint density at radius 2 is 2.16 bits per heavy atom. The van der Waals surface area contributed by atoms with E-state index < -0.39 is 0 Å². The Labute approximate surface area is 115 Å². The first-order valence-electron chi connectivity index (χ1n) is 7.51. The van der Waals surface area contributed by atoms with Crippen LogP contribution in [0.1, 0.15) is 44.5 Å². The van der Waals surface area contributed by atoms with E-state index in [0.717, 1.165) is 56.7 Å². The number of Topliss-reactive ketones (excluding diaryl/α,β-unsaturated/α-hetero) is 1. The third kappa shape index (κ3) is 3.90. The van der Waals surface area contributed by atoms with Crippen molar-refractivity contribution >= 4 is 5.78 Å². The van der Waals surface area contributed by atoms with Gasteiger partial charge in [-0.3, -0.25) is 9.48 Å². The molecule has 19 heavy (non-hydrogen) atoms. The monoisotopic (exact) mass is 263 g/mol. The molecule has 0 spiro atoms. The summed E-state index contributed by atoms with van der Waals surface area (Å²) in [6, 6.07) is 2.09. The molecular formula is C15H25N3O. The fourth-order valence-corrected chi connectivity index (χ4v) is 2.79. The number of aromatic nitrogens is 2.